The molecule has 1 amide bonds. The number of aromatic nitrogens is 2. The Morgan fingerprint density at radius 2 is 2.30 bits per heavy atom. The number of nitrogens with zero attached hydrogens (tertiary/aromatic N) is 3. The number of halogens is 1. The molecule has 2 heterocycles. The smallest absolute Gasteiger partial charge is 0.274 e. The van der Waals surface area contributed by atoms with Gasteiger partial charge < -0.3 is 15.0 Å². The third-order valence-corrected chi connectivity index (χ3v) is 4.44. The first-order valence-corrected chi connectivity index (χ1v) is 8.33. The zero-order chi connectivity index (χ0) is 15.4. The van der Waals surface area contributed by atoms with Crippen LogP contribution in [0.5, 0.6) is 0 Å². The van der Waals surface area contributed by atoms with Crippen LogP contribution in [-0.4, -0.2) is 60.5 Å². The molecule has 1 saturated heterocycles. The molecule has 2 fully saturated rings. The lowest BCUT2D eigenvalue weighted by molar-refractivity contribution is 0.0675. The van der Waals surface area contributed by atoms with Gasteiger partial charge in [-0.2, -0.15) is 5.10 Å². The van der Waals surface area contributed by atoms with Gasteiger partial charge in [0, 0.05) is 32.9 Å². The van der Waals surface area contributed by atoms with Crippen LogP contribution in [0.2, 0.25) is 0 Å². The Hall–Kier alpha value is -1.11. The summed E-state index contributed by atoms with van der Waals surface area (Å²) in [4.78, 5) is 14.1. The number of likely N-dealkylation sites (N-methyl/N-ethyl adjacent to an activating group) is 1. The summed E-state index contributed by atoms with van der Waals surface area (Å²) in [6.45, 7) is 4.06. The molecular weight excluding hydrogens is 316 g/mol. The van der Waals surface area contributed by atoms with Crippen LogP contribution < -0.4 is 5.32 Å². The normalized spacial score (nSPS) is 20.8. The van der Waals surface area contributed by atoms with Crippen molar-refractivity contribution in [2.24, 2.45) is 5.92 Å². The maximum Gasteiger partial charge on any atom is 0.274 e. The minimum atomic E-state index is -0.0301. The van der Waals surface area contributed by atoms with E-state index >= 15 is 0 Å². The highest BCUT2D eigenvalue weighted by Gasteiger charge is 2.22. The van der Waals surface area contributed by atoms with Crippen molar-refractivity contribution in [1.29, 1.82) is 0 Å². The largest absolute Gasteiger partial charge is 0.379 e. The number of ether oxygens (including phenoxy) is 1. The van der Waals surface area contributed by atoms with Gasteiger partial charge in [-0.25, -0.2) is 0 Å². The van der Waals surface area contributed by atoms with Gasteiger partial charge in [0.15, 0.2) is 0 Å². The molecule has 1 unspecified atom stereocenters. The van der Waals surface area contributed by atoms with E-state index in [1.165, 1.54) is 12.8 Å². The van der Waals surface area contributed by atoms with E-state index in [-0.39, 0.29) is 18.3 Å². The summed E-state index contributed by atoms with van der Waals surface area (Å²) in [5, 5.41) is 7.84. The predicted molar refractivity (Wildman–Crippen MR) is 91.1 cm³/mol. The van der Waals surface area contributed by atoms with E-state index in [1.807, 2.05) is 24.0 Å². The average molecular weight is 343 g/mol. The van der Waals surface area contributed by atoms with Gasteiger partial charge in [0.05, 0.1) is 12.6 Å². The molecule has 1 saturated carbocycles. The molecule has 6 nitrogen and oxygen atoms in total. The molecule has 1 N–H and O–H groups in total. The lowest BCUT2D eigenvalue weighted by Gasteiger charge is -2.23. The second-order valence-electron chi connectivity index (χ2n) is 6.43. The second kappa shape index (κ2) is 8.66. The van der Waals surface area contributed by atoms with E-state index in [9.17, 15) is 4.79 Å². The Bertz CT molecular complexity index is 498. The predicted octanol–water partition coefficient (Wildman–Crippen LogP) is 1.73. The number of carbonyl (C=O) groups is 1. The molecule has 0 radical (unpaired) electrons. The van der Waals surface area contributed by atoms with Crippen molar-refractivity contribution >= 4 is 18.3 Å². The Morgan fingerprint density at radius 1 is 1.48 bits per heavy atom. The first-order valence-electron chi connectivity index (χ1n) is 8.33. The van der Waals surface area contributed by atoms with E-state index in [0.29, 0.717) is 24.9 Å². The van der Waals surface area contributed by atoms with Crippen LogP contribution in [0.25, 0.3) is 0 Å². The zero-order valence-corrected chi connectivity index (χ0v) is 14.6. The first-order chi connectivity index (χ1) is 10.7. The monoisotopic (exact) mass is 342 g/mol. The minimum absolute atomic E-state index is 0. The van der Waals surface area contributed by atoms with E-state index in [1.54, 1.807) is 4.90 Å². The molecule has 3 rings (SSSR count). The van der Waals surface area contributed by atoms with E-state index in [0.717, 1.165) is 38.5 Å². The maximum atomic E-state index is 12.4. The van der Waals surface area contributed by atoms with Crippen molar-refractivity contribution in [1.82, 2.24) is 20.0 Å². The van der Waals surface area contributed by atoms with Crippen LogP contribution in [0.1, 0.15) is 42.2 Å². The molecule has 1 aromatic rings. The van der Waals surface area contributed by atoms with Crippen molar-refractivity contribution in [3.05, 3.63) is 18.0 Å². The summed E-state index contributed by atoms with van der Waals surface area (Å²) in [6, 6.07) is 2.18. The molecule has 1 aliphatic heterocycles. The van der Waals surface area contributed by atoms with Crippen molar-refractivity contribution in [2.45, 2.75) is 31.7 Å². The molecule has 0 spiro atoms. The Morgan fingerprint density at radius 3 is 3.00 bits per heavy atom. The van der Waals surface area contributed by atoms with Gasteiger partial charge in [0.25, 0.3) is 5.91 Å². The van der Waals surface area contributed by atoms with Crippen LogP contribution >= 0.6 is 12.4 Å². The lowest BCUT2D eigenvalue weighted by atomic mass is 10.1. The molecule has 7 heteroatoms. The Labute approximate surface area is 144 Å². The van der Waals surface area contributed by atoms with Crippen molar-refractivity contribution in [3.8, 4) is 0 Å². The topological polar surface area (TPSA) is 59.4 Å². The standard InChI is InChI=1S/C16H26N4O2.ClH/c1-19(9-10-22-12-13-4-5-13)16(21)15-6-8-20(18-15)14-3-2-7-17-11-14;/h6,8,13-14,17H,2-5,7,9-12H2,1H3;1H. The molecule has 0 aromatic carbocycles. The number of hydrogen-bond acceptors (Lipinski definition) is 4. The van der Waals surface area contributed by atoms with Crippen LogP contribution in [0, 0.1) is 5.92 Å². The number of hydrogen-bond donors (Lipinski definition) is 1. The third kappa shape index (κ3) is 5.19. The van der Waals surface area contributed by atoms with Gasteiger partial charge in [-0.15, -0.1) is 12.4 Å². The Kier molecular flexibility index (Phi) is 6.87. The third-order valence-electron chi connectivity index (χ3n) is 4.44. The van der Waals surface area contributed by atoms with Crippen molar-refractivity contribution in [2.75, 3.05) is 39.9 Å². The number of rotatable bonds is 7. The van der Waals surface area contributed by atoms with Crippen molar-refractivity contribution in [3.63, 3.8) is 0 Å². The minimum Gasteiger partial charge on any atom is -0.379 e. The number of carbonyl (C=O) groups excluding carboxylic acids is 1. The molecule has 2 aliphatic rings. The fourth-order valence-electron chi connectivity index (χ4n) is 2.75. The molecular formula is C16H27ClN4O2. The summed E-state index contributed by atoms with van der Waals surface area (Å²) in [5.74, 6) is 0.735. The molecule has 1 aliphatic carbocycles. The Balaban J connectivity index is 0.00000192. The van der Waals surface area contributed by atoms with E-state index < -0.39 is 0 Å². The highest BCUT2D eigenvalue weighted by Crippen LogP contribution is 2.28. The highest BCUT2D eigenvalue weighted by molar-refractivity contribution is 5.92. The molecule has 130 valence electrons. The number of nitrogens with one attached hydrogen (secondary N) is 1. The van der Waals surface area contributed by atoms with Gasteiger partial charge in [-0.1, -0.05) is 0 Å². The summed E-state index contributed by atoms with van der Waals surface area (Å²) >= 11 is 0. The summed E-state index contributed by atoms with van der Waals surface area (Å²) in [7, 11) is 1.81. The number of piperidine rings is 1. The van der Waals surface area contributed by atoms with Crippen LogP contribution in [0.4, 0.5) is 0 Å². The molecule has 1 atom stereocenters. The van der Waals surface area contributed by atoms with Gasteiger partial charge in [-0.05, 0) is 44.2 Å². The van der Waals surface area contributed by atoms with Crippen LogP contribution in [0.15, 0.2) is 12.3 Å². The van der Waals surface area contributed by atoms with Crippen LogP contribution in [-0.2, 0) is 4.74 Å². The first kappa shape index (κ1) is 18.2. The van der Waals surface area contributed by atoms with E-state index in [2.05, 4.69) is 10.4 Å². The SMILES string of the molecule is CN(CCOCC1CC1)C(=O)c1ccn(C2CCCNC2)n1.Cl. The summed E-state index contributed by atoms with van der Waals surface area (Å²) in [5.41, 5.74) is 0.523. The summed E-state index contributed by atoms with van der Waals surface area (Å²) < 4.78 is 7.51. The molecule has 23 heavy (non-hydrogen) atoms. The van der Waals surface area contributed by atoms with Gasteiger partial charge in [-0.3, -0.25) is 9.48 Å². The molecule has 0 bridgehead atoms. The highest BCUT2D eigenvalue weighted by atomic mass is 35.5. The lowest BCUT2D eigenvalue weighted by Crippen LogP contribution is -2.33. The van der Waals surface area contributed by atoms with Crippen molar-refractivity contribution < 1.29 is 9.53 Å². The quantitative estimate of drug-likeness (QED) is 0.767. The van der Waals surface area contributed by atoms with Crippen LogP contribution in [0.3, 0.4) is 0 Å². The van der Waals surface area contributed by atoms with Gasteiger partial charge in [0.2, 0.25) is 0 Å². The van der Waals surface area contributed by atoms with E-state index in [4.69, 9.17) is 4.74 Å². The fraction of sp³-hybridized carbons (Fsp3) is 0.750. The fourth-order valence-corrected chi connectivity index (χ4v) is 2.75. The maximum absolute atomic E-state index is 12.4. The molecule has 1 aromatic heterocycles. The second-order valence-corrected chi connectivity index (χ2v) is 6.43. The van der Waals surface area contributed by atoms with Gasteiger partial charge >= 0.3 is 0 Å². The van der Waals surface area contributed by atoms with Gasteiger partial charge in [0.1, 0.15) is 5.69 Å². The zero-order valence-electron chi connectivity index (χ0n) is 13.7. The number of amides is 1. The summed E-state index contributed by atoms with van der Waals surface area (Å²) in [6.07, 6.45) is 6.78. The average Bonchev–Trinajstić information content (AvgIpc) is 3.25.